The lowest BCUT2D eigenvalue weighted by molar-refractivity contribution is -0.124. The Balaban J connectivity index is 0. The first-order chi connectivity index (χ1) is 11.0. The molecule has 6 nitrogen and oxygen atoms in total. The number of nitrogens with two attached hydrogens (primary N) is 1. The molecule has 0 aliphatic carbocycles. The van der Waals surface area contributed by atoms with E-state index in [-0.39, 0.29) is 43.1 Å². The number of rotatable bonds is 6. The van der Waals surface area contributed by atoms with Crippen molar-refractivity contribution in [2.24, 2.45) is 5.73 Å². The molecule has 0 saturated heterocycles. The van der Waals surface area contributed by atoms with Crippen LogP contribution in [-0.2, 0) is 11.2 Å². The highest BCUT2D eigenvalue weighted by Gasteiger charge is 2.17. The van der Waals surface area contributed by atoms with Crippen LogP contribution >= 0.6 is 37.2 Å². The maximum atomic E-state index is 11.6. The fourth-order valence-corrected chi connectivity index (χ4v) is 2.03. The van der Waals surface area contributed by atoms with Gasteiger partial charge in [0.15, 0.2) is 0 Å². The molecule has 4 N–H and O–H groups in total. The summed E-state index contributed by atoms with van der Waals surface area (Å²) in [5.41, 5.74) is 9.42. The molecular formula is C17H25Cl3N4O2. The second-order valence-corrected chi connectivity index (χ2v) is 5.53. The molecule has 1 amide bonds. The van der Waals surface area contributed by atoms with Crippen molar-refractivity contribution in [2.45, 2.75) is 32.4 Å². The molecule has 0 aromatic carbocycles. The van der Waals surface area contributed by atoms with Crippen molar-refractivity contribution in [1.29, 1.82) is 0 Å². The molecule has 0 bridgehead atoms. The van der Waals surface area contributed by atoms with Gasteiger partial charge in [0.25, 0.3) is 0 Å². The van der Waals surface area contributed by atoms with Gasteiger partial charge in [0.2, 0.25) is 5.91 Å². The molecule has 0 unspecified atom stereocenters. The zero-order valence-corrected chi connectivity index (χ0v) is 17.0. The number of pyridine rings is 2. The highest BCUT2D eigenvalue weighted by Crippen LogP contribution is 2.17. The fourth-order valence-electron chi connectivity index (χ4n) is 2.03. The second-order valence-electron chi connectivity index (χ2n) is 5.53. The Morgan fingerprint density at radius 1 is 1.12 bits per heavy atom. The highest BCUT2D eigenvalue weighted by molar-refractivity contribution is 5.86. The molecule has 2 aromatic rings. The van der Waals surface area contributed by atoms with Crippen LogP contribution in [0.1, 0.15) is 18.3 Å². The fraction of sp³-hybridized carbons (Fsp3) is 0.353. The Hall–Kier alpha value is -1.44. The smallest absolute Gasteiger partial charge is 0.239 e. The first-order valence-electron chi connectivity index (χ1n) is 7.56. The van der Waals surface area contributed by atoms with Gasteiger partial charge in [-0.2, -0.15) is 0 Å². The van der Waals surface area contributed by atoms with Gasteiger partial charge in [-0.1, -0.05) is 12.1 Å². The van der Waals surface area contributed by atoms with E-state index in [4.69, 9.17) is 5.73 Å². The number of aliphatic hydroxyl groups is 1. The van der Waals surface area contributed by atoms with Gasteiger partial charge in [0.05, 0.1) is 6.10 Å². The maximum Gasteiger partial charge on any atom is 0.239 e. The first-order valence-corrected chi connectivity index (χ1v) is 7.56. The lowest BCUT2D eigenvalue weighted by atomic mass is 10.1. The van der Waals surface area contributed by atoms with Crippen molar-refractivity contribution in [1.82, 2.24) is 15.3 Å². The number of halogens is 3. The number of hydrogen-bond donors (Lipinski definition) is 3. The normalized spacial score (nSPS) is 11.8. The number of carbonyl (C=O) groups excluding carboxylic acids is 1. The molecule has 0 fully saturated rings. The maximum absolute atomic E-state index is 11.6. The molecule has 2 atom stereocenters. The van der Waals surface area contributed by atoms with E-state index in [9.17, 15) is 9.90 Å². The molecule has 0 spiro atoms. The van der Waals surface area contributed by atoms with Crippen LogP contribution < -0.4 is 11.1 Å². The summed E-state index contributed by atoms with van der Waals surface area (Å²) in [6, 6.07) is 6.98. The lowest BCUT2D eigenvalue weighted by Gasteiger charge is -2.14. The number of aryl methyl sites for hydroxylation is 1. The molecule has 2 aromatic heterocycles. The number of nitrogens with zero attached hydrogens (tertiary/aromatic N) is 2. The number of hydrogen-bond acceptors (Lipinski definition) is 5. The van der Waals surface area contributed by atoms with Crippen molar-refractivity contribution in [2.75, 3.05) is 6.54 Å². The van der Waals surface area contributed by atoms with Gasteiger partial charge in [-0.3, -0.25) is 14.8 Å². The molecular weight excluding hydrogens is 399 g/mol. The summed E-state index contributed by atoms with van der Waals surface area (Å²) in [7, 11) is 0. The molecule has 0 aliphatic heterocycles. The van der Waals surface area contributed by atoms with E-state index in [1.165, 1.54) is 6.92 Å². The molecule has 9 heteroatoms. The van der Waals surface area contributed by atoms with E-state index in [2.05, 4.69) is 15.3 Å². The average molecular weight is 424 g/mol. The van der Waals surface area contributed by atoms with Crippen molar-refractivity contribution in [3.05, 3.63) is 48.0 Å². The summed E-state index contributed by atoms with van der Waals surface area (Å²) in [6.45, 7) is 3.87. The predicted molar refractivity (Wildman–Crippen MR) is 110 cm³/mol. The third kappa shape index (κ3) is 7.85. The van der Waals surface area contributed by atoms with Crippen LogP contribution in [0.5, 0.6) is 0 Å². The minimum Gasteiger partial charge on any atom is -0.391 e. The monoisotopic (exact) mass is 422 g/mol. The Bertz CT molecular complexity index is 652. The number of aromatic nitrogens is 2. The molecule has 2 rings (SSSR count). The molecule has 146 valence electrons. The van der Waals surface area contributed by atoms with Crippen molar-refractivity contribution < 1.29 is 9.90 Å². The van der Waals surface area contributed by atoms with E-state index in [1.807, 2.05) is 37.4 Å². The summed E-state index contributed by atoms with van der Waals surface area (Å²) in [5.74, 6) is -0.359. The number of nitrogens with one attached hydrogen (secondary N) is 1. The van der Waals surface area contributed by atoms with Crippen LogP contribution in [0.25, 0.3) is 11.1 Å². The van der Waals surface area contributed by atoms with Crippen molar-refractivity contribution >= 4 is 43.1 Å². The van der Waals surface area contributed by atoms with Gasteiger partial charge < -0.3 is 16.2 Å². The van der Waals surface area contributed by atoms with Gasteiger partial charge in [-0.15, -0.1) is 37.2 Å². The van der Waals surface area contributed by atoms with Crippen molar-refractivity contribution in [3.8, 4) is 11.1 Å². The van der Waals surface area contributed by atoms with Crippen LogP contribution in [-0.4, -0.2) is 39.7 Å². The van der Waals surface area contributed by atoms with Crippen molar-refractivity contribution in [3.63, 3.8) is 0 Å². The first kappa shape index (κ1) is 26.8. The third-order valence-corrected chi connectivity index (χ3v) is 3.57. The Labute approximate surface area is 172 Å². The van der Waals surface area contributed by atoms with Crippen LogP contribution in [0, 0.1) is 6.92 Å². The van der Waals surface area contributed by atoms with E-state index in [1.54, 1.807) is 6.20 Å². The zero-order valence-electron chi connectivity index (χ0n) is 14.6. The average Bonchev–Trinajstić information content (AvgIpc) is 2.55. The zero-order chi connectivity index (χ0) is 16.8. The van der Waals surface area contributed by atoms with Crippen LogP contribution in [0.3, 0.4) is 0 Å². The van der Waals surface area contributed by atoms with E-state index in [0.717, 1.165) is 22.5 Å². The lowest BCUT2D eigenvalue weighted by Crippen LogP contribution is -2.47. The Morgan fingerprint density at radius 3 is 2.15 bits per heavy atom. The van der Waals surface area contributed by atoms with E-state index >= 15 is 0 Å². The largest absolute Gasteiger partial charge is 0.391 e. The molecule has 0 saturated carbocycles. The molecule has 0 aliphatic rings. The Kier molecular flexibility index (Phi) is 13.2. The summed E-state index contributed by atoms with van der Waals surface area (Å²) in [5, 5.41) is 12.0. The number of aliphatic hydroxyl groups excluding tert-OH is 1. The number of amides is 1. The molecule has 0 radical (unpaired) electrons. The van der Waals surface area contributed by atoms with E-state index in [0.29, 0.717) is 13.0 Å². The second kappa shape index (κ2) is 12.8. The van der Waals surface area contributed by atoms with Crippen LogP contribution in [0.15, 0.2) is 36.7 Å². The third-order valence-electron chi connectivity index (χ3n) is 3.57. The van der Waals surface area contributed by atoms with Crippen LogP contribution in [0.4, 0.5) is 0 Å². The summed E-state index contributed by atoms with van der Waals surface area (Å²) < 4.78 is 0. The standard InChI is InChI=1S/C17H22N4O2.3ClH/c1-11-3-4-13(9-20-11)14-5-6-15(21-10-14)7-8-19-17(23)16(18)12(2)22;;;/h3-6,9-10,12,16,22H,7-8,18H2,1-2H3,(H,19,23);3*1H/t12-,16+;;;/m1.../s1. The minimum atomic E-state index is -0.903. The Morgan fingerprint density at radius 2 is 1.69 bits per heavy atom. The topological polar surface area (TPSA) is 101 Å². The van der Waals surface area contributed by atoms with E-state index < -0.39 is 12.1 Å². The molecule has 26 heavy (non-hydrogen) atoms. The van der Waals surface area contributed by atoms with Gasteiger partial charge in [0.1, 0.15) is 6.04 Å². The van der Waals surface area contributed by atoms with Gasteiger partial charge in [-0.25, -0.2) is 0 Å². The highest BCUT2D eigenvalue weighted by atomic mass is 35.5. The predicted octanol–water partition coefficient (Wildman–Crippen LogP) is 2.08. The summed E-state index contributed by atoms with van der Waals surface area (Å²) >= 11 is 0. The van der Waals surface area contributed by atoms with Gasteiger partial charge >= 0.3 is 0 Å². The SMILES string of the molecule is Cc1ccc(-c2ccc(CCNC(=O)[C@@H](N)[C@@H](C)O)nc2)cn1.Cl.Cl.Cl. The number of carbonyl (C=O) groups is 1. The summed E-state index contributed by atoms with van der Waals surface area (Å²) in [4.78, 5) is 20.3. The quantitative estimate of drug-likeness (QED) is 0.660. The minimum absolute atomic E-state index is 0. The van der Waals surface area contributed by atoms with Gasteiger partial charge in [0, 0.05) is 47.9 Å². The summed E-state index contributed by atoms with van der Waals surface area (Å²) in [6.07, 6.45) is 3.36. The van der Waals surface area contributed by atoms with Gasteiger partial charge in [-0.05, 0) is 26.0 Å². The van der Waals surface area contributed by atoms with Crippen LogP contribution in [0.2, 0.25) is 0 Å². The molecule has 2 heterocycles.